The Kier molecular flexibility index (Phi) is 4.66. The van der Waals surface area contributed by atoms with Crippen LogP contribution in [0.4, 0.5) is 20.7 Å². The number of carbonyl (C=O) groups excluding carboxylic acids is 1. The minimum absolute atomic E-state index is 0.131. The molecule has 2 saturated heterocycles. The summed E-state index contributed by atoms with van der Waals surface area (Å²) in [6.45, 7) is 5.05. The number of nitrogens with one attached hydrogen (secondary N) is 1. The number of amides is 2. The molecule has 3 heterocycles. The van der Waals surface area contributed by atoms with Crippen LogP contribution in [0.25, 0.3) is 0 Å². The van der Waals surface area contributed by atoms with Gasteiger partial charge in [-0.2, -0.15) is 0 Å². The first-order valence-electron chi connectivity index (χ1n) is 8.08. The number of urea groups is 1. The van der Waals surface area contributed by atoms with Crippen molar-refractivity contribution in [1.29, 1.82) is 0 Å². The number of rotatable bonds is 2. The van der Waals surface area contributed by atoms with Crippen LogP contribution in [-0.2, 0) is 4.74 Å². The number of hydrogen-bond donors (Lipinski definition) is 1. The molecule has 0 saturated carbocycles. The zero-order valence-electron chi connectivity index (χ0n) is 13.4. The predicted molar refractivity (Wildman–Crippen MR) is 86.6 cm³/mol. The van der Waals surface area contributed by atoms with Gasteiger partial charge in [-0.15, -0.1) is 0 Å². The van der Waals surface area contributed by atoms with Crippen LogP contribution < -0.4 is 10.2 Å². The van der Waals surface area contributed by atoms with Crippen molar-refractivity contribution in [3.05, 3.63) is 18.3 Å². The number of ether oxygens (including phenoxy) is 1. The fourth-order valence-corrected chi connectivity index (χ4v) is 3.08. The molecular formula is C16H23FN4O2. The smallest absolute Gasteiger partial charge is 0.322 e. The molecule has 23 heavy (non-hydrogen) atoms. The van der Waals surface area contributed by atoms with E-state index in [2.05, 4.69) is 15.2 Å². The Hall–Kier alpha value is -1.89. The molecule has 0 aromatic carbocycles. The summed E-state index contributed by atoms with van der Waals surface area (Å²) >= 11 is 0. The number of likely N-dealkylation sites (tertiary alicyclic amines) is 1. The summed E-state index contributed by atoms with van der Waals surface area (Å²) in [6.07, 6.45) is 2.90. The second-order valence-corrected chi connectivity index (χ2v) is 6.34. The molecule has 126 valence electrons. The van der Waals surface area contributed by atoms with Gasteiger partial charge in [-0.05, 0) is 31.9 Å². The van der Waals surface area contributed by atoms with Gasteiger partial charge in [-0.1, -0.05) is 0 Å². The van der Waals surface area contributed by atoms with Gasteiger partial charge in [-0.3, -0.25) is 0 Å². The Labute approximate surface area is 135 Å². The third kappa shape index (κ3) is 3.90. The quantitative estimate of drug-likeness (QED) is 0.907. The van der Waals surface area contributed by atoms with Gasteiger partial charge in [-0.25, -0.2) is 14.2 Å². The van der Waals surface area contributed by atoms with Crippen molar-refractivity contribution in [3.8, 4) is 0 Å². The fraction of sp³-hybridized carbons (Fsp3) is 0.625. The van der Waals surface area contributed by atoms with Crippen LogP contribution in [0.15, 0.2) is 18.3 Å². The molecule has 2 fully saturated rings. The number of anilines is 2. The number of hydrogen-bond acceptors (Lipinski definition) is 4. The van der Waals surface area contributed by atoms with Crippen molar-refractivity contribution >= 4 is 17.5 Å². The van der Waals surface area contributed by atoms with Gasteiger partial charge in [0.1, 0.15) is 5.67 Å². The largest absolute Gasteiger partial charge is 0.378 e. The predicted octanol–water partition coefficient (Wildman–Crippen LogP) is 2.27. The minimum atomic E-state index is -1.31. The van der Waals surface area contributed by atoms with E-state index in [0.29, 0.717) is 38.3 Å². The number of carbonyl (C=O) groups is 1. The molecule has 6 nitrogen and oxygen atoms in total. The summed E-state index contributed by atoms with van der Waals surface area (Å²) < 4.78 is 19.5. The van der Waals surface area contributed by atoms with Crippen molar-refractivity contribution in [2.45, 2.75) is 25.4 Å². The standard InChI is InChI=1S/C16H23FN4O2/c1-16(17)5-3-7-21(12-16)15(22)19-13-4-2-6-18-14(13)20-8-10-23-11-9-20/h2,4,6H,3,5,7-12H2,1H3,(H,19,22). The summed E-state index contributed by atoms with van der Waals surface area (Å²) in [5.41, 5.74) is -0.650. The third-order valence-corrected chi connectivity index (χ3v) is 4.27. The molecule has 3 rings (SSSR count). The van der Waals surface area contributed by atoms with Crippen molar-refractivity contribution in [2.24, 2.45) is 0 Å². The molecule has 0 aliphatic carbocycles. The lowest BCUT2D eigenvalue weighted by Crippen LogP contribution is -2.48. The van der Waals surface area contributed by atoms with Crippen molar-refractivity contribution in [2.75, 3.05) is 49.6 Å². The van der Waals surface area contributed by atoms with Crippen molar-refractivity contribution < 1.29 is 13.9 Å². The summed E-state index contributed by atoms with van der Waals surface area (Å²) in [6, 6.07) is 3.35. The maximum absolute atomic E-state index is 14.1. The number of aromatic nitrogens is 1. The van der Waals surface area contributed by atoms with Crippen LogP contribution in [0, 0.1) is 0 Å². The Morgan fingerprint density at radius 2 is 2.17 bits per heavy atom. The van der Waals surface area contributed by atoms with Gasteiger partial charge in [0, 0.05) is 25.8 Å². The average Bonchev–Trinajstić information content (AvgIpc) is 2.55. The summed E-state index contributed by atoms with van der Waals surface area (Å²) in [5, 5.41) is 2.89. The minimum Gasteiger partial charge on any atom is -0.378 e. The van der Waals surface area contributed by atoms with Gasteiger partial charge in [0.05, 0.1) is 25.4 Å². The second kappa shape index (κ2) is 6.70. The van der Waals surface area contributed by atoms with E-state index in [0.717, 1.165) is 18.9 Å². The van der Waals surface area contributed by atoms with E-state index >= 15 is 0 Å². The SMILES string of the molecule is CC1(F)CCCN(C(=O)Nc2cccnc2N2CCOCC2)C1. The first-order chi connectivity index (χ1) is 11.1. The van der Waals surface area contributed by atoms with Crippen LogP contribution >= 0.6 is 0 Å². The summed E-state index contributed by atoms with van der Waals surface area (Å²) in [5.74, 6) is 0.740. The van der Waals surface area contributed by atoms with Crippen LogP contribution in [0.3, 0.4) is 0 Å². The topological polar surface area (TPSA) is 57.7 Å². The molecule has 2 aliphatic rings. The molecule has 0 radical (unpaired) electrons. The maximum Gasteiger partial charge on any atom is 0.322 e. The van der Waals surface area contributed by atoms with Crippen LogP contribution in [0.2, 0.25) is 0 Å². The highest BCUT2D eigenvalue weighted by atomic mass is 19.1. The molecule has 1 N–H and O–H groups in total. The summed E-state index contributed by atoms with van der Waals surface area (Å²) in [7, 11) is 0. The van der Waals surface area contributed by atoms with Crippen molar-refractivity contribution in [1.82, 2.24) is 9.88 Å². The van der Waals surface area contributed by atoms with E-state index in [4.69, 9.17) is 4.74 Å². The zero-order valence-corrected chi connectivity index (χ0v) is 13.4. The first kappa shape index (κ1) is 16.0. The number of alkyl halides is 1. The monoisotopic (exact) mass is 322 g/mol. The van der Waals surface area contributed by atoms with Crippen LogP contribution in [0.5, 0.6) is 0 Å². The number of halogens is 1. The van der Waals surface area contributed by atoms with E-state index in [9.17, 15) is 9.18 Å². The highest BCUT2D eigenvalue weighted by Gasteiger charge is 2.33. The van der Waals surface area contributed by atoms with Gasteiger partial charge >= 0.3 is 6.03 Å². The second-order valence-electron chi connectivity index (χ2n) is 6.34. The average molecular weight is 322 g/mol. The molecular weight excluding hydrogens is 299 g/mol. The molecule has 0 bridgehead atoms. The van der Waals surface area contributed by atoms with Crippen molar-refractivity contribution in [3.63, 3.8) is 0 Å². The molecule has 1 atom stereocenters. The summed E-state index contributed by atoms with van der Waals surface area (Å²) in [4.78, 5) is 20.5. The number of piperidine rings is 1. The molecule has 0 spiro atoms. The van der Waals surface area contributed by atoms with Gasteiger partial charge < -0.3 is 19.9 Å². The zero-order chi connectivity index (χ0) is 16.3. The highest BCUT2D eigenvalue weighted by Crippen LogP contribution is 2.27. The lowest BCUT2D eigenvalue weighted by molar-refractivity contribution is 0.0808. The molecule has 1 aromatic heterocycles. The maximum atomic E-state index is 14.1. The fourth-order valence-electron chi connectivity index (χ4n) is 3.08. The first-order valence-corrected chi connectivity index (χ1v) is 8.08. The van der Waals surface area contributed by atoms with Gasteiger partial charge in [0.15, 0.2) is 5.82 Å². The van der Waals surface area contributed by atoms with E-state index in [1.807, 2.05) is 6.07 Å². The van der Waals surface area contributed by atoms with Crippen LogP contribution in [-0.4, -0.2) is 61.0 Å². The van der Waals surface area contributed by atoms with Gasteiger partial charge in [0.25, 0.3) is 0 Å². The Morgan fingerprint density at radius 3 is 2.91 bits per heavy atom. The lowest BCUT2D eigenvalue weighted by atomic mass is 9.97. The van der Waals surface area contributed by atoms with E-state index < -0.39 is 5.67 Å². The Balaban J connectivity index is 1.71. The molecule has 1 aromatic rings. The molecule has 1 unspecified atom stereocenters. The Morgan fingerprint density at radius 1 is 1.39 bits per heavy atom. The molecule has 7 heteroatoms. The molecule has 2 aliphatic heterocycles. The molecule has 2 amide bonds. The van der Waals surface area contributed by atoms with E-state index in [-0.39, 0.29) is 12.6 Å². The number of nitrogens with zero attached hydrogens (tertiary/aromatic N) is 3. The van der Waals surface area contributed by atoms with Gasteiger partial charge in [0.2, 0.25) is 0 Å². The lowest BCUT2D eigenvalue weighted by Gasteiger charge is -2.35. The number of pyridine rings is 1. The van der Waals surface area contributed by atoms with E-state index in [1.54, 1.807) is 24.1 Å². The Bertz CT molecular complexity index is 561. The third-order valence-electron chi connectivity index (χ3n) is 4.27. The van der Waals surface area contributed by atoms with E-state index in [1.165, 1.54) is 0 Å². The normalized spacial score (nSPS) is 25.3. The highest BCUT2D eigenvalue weighted by molar-refractivity contribution is 5.92. The van der Waals surface area contributed by atoms with Crippen LogP contribution in [0.1, 0.15) is 19.8 Å². The number of morpholine rings is 1.